The topological polar surface area (TPSA) is 160 Å². The van der Waals surface area contributed by atoms with E-state index in [0.29, 0.717) is 48.9 Å². The highest BCUT2D eigenvalue weighted by atomic mass is 16.5. The maximum absolute atomic E-state index is 13.8. The van der Waals surface area contributed by atoms with Gasteiger partial charge in [0.05, 0.1) is 17.2 Å². The Hall–Kier alpha value is -4.87. The highest BCUT2D eigenvalue weighted by molar-refractivity contribution is 5.98. The van der Waals surface area contributed by atoms with Gasteiger partial charge in [-0.2, -0.15) is 0 Å². The Kier molecular flexibility index (Phi) is 9.17. The lowest BCUT2D eigenvalue weighted by atomic mass is 9.74. The van der Waals surface area contributed by atoms with E-state index < -0.39 is 47.9 Å². The highest BCUT2D eigenvalue weighted by Crippen LogP contribution is 2.42. The molecule has 2 aromatic carbocycles. The Morgan fingerprint density at radius 1 is 1.05 bits per heavy atom. The number of benzene rings is 2. The summed E-state index contributed by atoms with van der Waals surface area (Å²) < 4.78 is 5.08. The number of para-hydroxylation sites is 2. The Morgan fingerprint density at radius 2 is 1.73 bits per heavy atom. The van der Waals surface area contributed by atoms with Crippen molar-refractivity contribution >= 4 is 40.6 Å². The van der Waals surface area contributed by atoms with Gasteiger partial charge in [-0.05, 0) is 37.0 Å². The number of ether oxygens (including phenoxy) is 1. The number of nitrogens with one attached hydrogen (secondary N) is 3. The van der Waals surface area contributed by atoms with Crippen LogP contribution in [0.4, 0.5) is 0 Å². The molecule has 3 N–H and O–H groups in total. The Bertz CT molecular complexity index is 1560. The summed E-state index contributed by atoms with van der Waals surface area (Å²) in [5.74, 6) is -3.46. The van der Waals surface area contributed by atoms with E-state index in [1.807, 2.05) is 36.4 Å². The average molecular weight is 601 g/mol. The molecule has 230 valence electrons. The summed E-state index contributed by atoms with van der Waals surface area (Å²) in [7, 11) is 0. The summed E-state index contributed by atoms with van der Waals surface area (Å²) in [6.07, 6.45) is 3.05. The lowest BCUT2D eigenvalue weighted by Crippen LogP contribution is -2.53. The number of carbonyl (C=O) groups excluding carboxylic acids is 5. The largest absolute Gasteiger partial charge is 0.444 e. The molecule has 0 bridgehead atoms. The molecule has 4 amide bonds. The van der Waals surface area contributed by atoms with Gasteiger partial charge in [-0.15, -0.1) is 0 Å². The van der Waals surface area contributed by atoms with E-state index in [1.54, 1.807) is 30.0 Å². The number of piperidine rings is 1. The predicted molar refractivity (Wildman–Crippen MR) is 160 cm³/mol. The van der Waals surface area contributed by atoms with Gasteiger partial charge in [-0.1, -0.05) is 49.4 Å². The first-order valence-corrected chi connectivity index (χ1v) is 14.8. The van der Waals surface area contributed by atoms with Crippen molar-refractivity contribution in [3.8, 4) is 0 Å². The van der Waals surface area contributed by atoms with E-state index in [2.05, 4.69) is 25.9 Å². The van der Waals surface area contributed by atoms with Crippen LogP contribution in [0, 0.1) is 5.92 Å². The molecule has 2 saturated heterocycles. The van der Waals surface area contributed by atoms with Crippen molar-refractivity contribution < 1.29 is 28.7 Å². The third-order valence-corrected chi connectivity index (χ3v) is 8.50. The zero-order valence-electron chi connectivity index (χ0n) is 24.7. The van der Waals surface area contributed by atoms with Crippen LogP contribution < -0.4 is 16.0 Å². The highest BCUT2D eigenvalue weighted by Gasteiger charge is 2.51. The van der Waals surface area contributed by atoms with E-state index in [0.717, 1.165) is 0 Å². The lowest BCUT2D eigenvalue weighted by molar-refractivity contribution is -0.145. The van der Waals surface area contributed by atoms with E-state index in [1.165, 1.54) is 13.1 Å². The molecule has 0 aliphatic carbocycles. The molecule has 5 rings (SSSR count). The van der Waals surface area contributed by atoms with E-state index in [9.17, 15) is 24.0 Å². The van der Waals surface area contributed by atoms with Crippen LogP contribution in [0.5, 0.6) is 0 Å². The van der Waals surface area contributed by atoms with Crippen LogP contribution in [0.1, 0.15) is 61.5 Å². The molecule has 12 heteroatoms. The van der Waals surface area contributed by atoms with Gasteiger partial charge in [0.1, 0.15) is 11.7 Å². The predicted octanol–water partition coefficient (Wildman–Crippen LogP) is 2.06. The fourth-order valence-electron chi connectivity index (χ4n) is 6.12. The summed E-state index contributed by atoms with van der Waals surface area (Å²) in [4.78, 5) is 75.4. The van der Waals surface area contributed by atoms with Crippen molar-refractivity contribution in [3.05, 3.63) is 72.1 Å². The van der Waals surface area contributed by atoms with Crippen LogP contribution in [0.25, 0.3) is 11.0 Å². The van der Waals surface area contributed by atoms with Crippen LogP contribution in [0.3, 0.4) is 0 Å². The number of esters is 1. The Morgan fingerprint density at radius 3 is 2.41 bits per heavy atom. The summed E-state index contributed by atoms with van der Waals surface area (Å²) in [5.41, 5.74) is 1.28. The second kappa shape index (κ2) is 13.2. The first-order chi connectivity index (χ1) is 21.2. The molecule has 3 aromatic rings. The molecule has 3 atom stereocenters. The first-order valence-electron chi connectivity index (χ1n) is 14.8. The van der Waals surface area contributed by atoms with Gasteiger partial charge in [0, 0.05) is 43.8 Å². The maximum atomic E-state index is 13.8. The molecule has 44 heavy (non-hydrogen) atoms. The fraction of sp³-hybridized carbons (Fsp3) is 0.406. The molecular weight excluding hydrogens is 564 g/mol. The van der Waals surface area contributed by atoms with Crippen LogP contribution in [-0.2, 0) is 23.9 Å². The van der Waals surface area contributed by atoms with Crippen molar-refractivity contribution in [1.82, 2.24) is 30.8 Å². The minimum atomic E-state index is -1.23. The first kappa shape index (κ1) is 30.6. The zero-order valence-corrected chi connectivity index (χ0v) is 24.7. The van der Waals surface area contributed by atoms with Gasteiger partial charge in [0.2, 0.25) is 17.7 Å². The molecule has 2 aliphatic heterocycles. The maximum Gasteiger partial charge on any atom is 0.307 e. The average Bonchev–Trinajstić information content (AvgIpc) is 3.35. The molecule has 2 aliphatic rings. The number of nitrogens with zero attached hydrogens (tertiary/aromatic N) is 3. The molecule has 0 saturated carbocycles. The number of amides is 4. The minimum absolute atomic E-state index is 0.00895. The molecule has 0 radical (unpaired) electrons. The lowest BCUT2D eigenvalue weighted by Gasteiger charge is -2.39. The second-order valence-electron chi connectivity index (χ2n) is 11.3. The van der Waals surface area contributed by atoms with E-state index >= 15 is 0 Å². The fourth-order valence-corrected chi connectivity index (χ4v) is 6.12. The normalized spacial score (nSPS) is 18.7. The second-order valence-corrected chi connectivity index (χ2v) is 11.3. The van der Waals surface area contributed by atoms with Gasteiger partial charge >= 0.3 is 5.97 Å². The number of hydrogen-bond acceptors (Lipinski definition) is 8. The number of fused-ring (bicyclic) bond motifs is 1. The SMILES string of the molecule is CCC(=O)OCNC(=O)C(NC(=O)c1cnc2ccccc2n1)C(c1ccccc1)C1CC2(CCN(C(C)=O)CC2)NC1=O. The summed E-state index contributed by atoms with van der Waals surface area (Å²) >= 11 is 0. The van der Waals surface area contributed by atoms with Crippen LogP contribution in [-0.4, -0.2) is 75.9 Å². The molecule has 2 fully saturated rings. The number of hydrogen-bond donors (Lipinski definition) is 3. The van der Waals surface area contributed by atoms with Gasteiger partial charge in [0.25, 0.3) is 5.91 Å². The van der Waals surface area contributed by atoms with Gasteiger partial charge in [-0.3, -0.25) is 29.0 Å². The van der Waals surface area contributed by atoms with Crippen molar-refractivity contribution in [2.24, 2.45) is 5.92 Å². The Labute approximate surface area is 254 Å². The van der Waals surface area contributed by atoms with Gasteiger partial charge in [-0.25, -0.2) is 4.98 Å². The molecule has 3 heterocycles. The molecule has 1 aromatic heterocycles. The van der Waals surface area contributed by atoms with E-state index in [4.69, 9.17) is 4.74 Å². The van der Waals surface area contributed by atoms with Crippen molar-refractivity contribution in [3.63, 3.8) is 0 Å². The van der Waals surface area contributed by atoms with Gasteiger partial charge < -0.3 is 25.6 Å². The third-order valence-electron chi connectivity index (χ3n) is 8.50. The van der Waals surface area contributed by atoms with Crippen LogP contribution >= 0.6 is 0 Å². The monoisotopic (exact) mass is 600 g/mol. The van der Waals surface area contributed by atoms with Crippen molar-refractivity contribution in [1.29, 1.82) is 0 Å². The molecular formula is C32H36N6O6. The standard InChI is InChI=1S/C32H36N6O6/c1-3-26(40)44-19-34-31(43)28(36-30(42)25-18-33-23-11-7-8-12-24(23)35-25)27(21-9-5-4-6-10-21)22-17-32(37-29(22)41)13-15-38(16-14-32)20(2)39/h4-12,18,22,27-28H,3,13-17,19H2,1-2H3,(H,34,43)(H,36,42)(H,37,41). The summed E-state index contributed by atoms with van der Waals surface area (Å²) in [5, 5.41) is 8.62. The van der Waals surface area contributed by atoms with Crippen molar-refractivity contribution in [2.45, 2.75) is 57.0 Å². The van der Waals surface area contributed by atoms with Gasteiger partial charge in [0.15, 0.2) is 6.73 Å². The Balaban J connectivity index is 1.47. The minimum Gasteiger partial charge on any atom is -0.444 e. The number of carbonyl (C=O) groups is 5. The zero-order chi connectivity index (χ0) is 31.3. The summed E-state index contributed by atoms with van der Waals surface area (Å²) in [6.45, 7) is 3.81. The third kappa shape index (κ3) is 6.69. The molecule has 12 nitrogen and oxygen atoms in total. The molecule has 1 spiro atoms. The number of rotatable bonds is 9. The van der Waals surface area contributed by atoms with E-state index in [-0.39, 0.29) is 23.9 Å². The quantitative estimate of drug-likeness (QED) is 0.249. The van der Waals surface area contributed by atoms with Crippen LogP contribution in [0.2, 0.25) is 0 Å². The molecule has 3 unspecified atom stereocenters. The smallest absolute Gasteiger partial charge is 0.307 e. The number of likely N-dealkylation sites (tertiary alicyclic amines) is 1. The van der Waals surface area contributed by atoms with Crippen molar-refractivity contribution in [2.75, 3.05) is 19.8 Å². The number of aromatic nitrogens is 2. The summed E-state index contributed by atoms with van der Waals surface area (Å²) in [6, 6.07) is 15.0. The van der Waals surface area contributed by atoms with Crippen LogP contribution in [0.15, 0.2) is 60.8 Å².